The van der Waals surface area contributed by atoms with E-state index in [-0.39, 0.29) is 6.61 Å². The van der Waals surface area contributed by atoms with Gasteiger partial charge in [-0.25, -0.2) is 0 Å². The molecule has 3 rings (SSSR count). The van der Waals surface area contributed by atoms with E-state index in [1.54, 1.807) is 0 Å². The van der Waals surface area contributed by atoms with Crippen molar-refractivity contribution in [1.82, 2.24) is 20.0 Å². The number of hydrogen-bond donors (Lipinski definition) is 2. The number of likely N-dealkylation sites (N-methyl/N-ethyl adjacent to an activating group) is 1. The van der Waals surface area contributed by atoms with Crippen LogP contribution in [0.15, 0.2) is 60.7 Å². The van der Waals surface area contributed by atoms with Crippen LogP contribution < -0.4 is 4.74 Å². The van der Waals surface area contributed by atoms with Gasteiger partial charge in [0.1, 0.15) is 18.5 Å². The fourth-order valence-electron chi connectivity index (χ4n) is 3.46. The highest BCUT2D eigenvalue weighted by Crippen LogP contribution is 2.15. The largest absolute Gasteiger partial charge is 0.491 e. The van der Waals surface area contributed by atoms with Crippen molar-refractivity contribution >= 4 is 0 Å². The summed E-state index contributed by atoms with van der Waals surface area (Å²) in [5.74, 6) is 0.772. The van der Waals surface area contributed by atoms with Gasteiger partial charge < -0.3 is 9.84 Å². The number of aromatic amines is 1. The summed E-state index contributed by atoms with van der Waals surface area (Å²) in [5, 5.41) is 17.6. The first-order valence-corrected chi connectivity index (χ1v) is 10.3. The zero-order valence-electron chi connectivity index (χ0n) is 18.1. The molecule has 1 aromatic heterocycles. The Labute approximate surface area is 179 Å². The Balaban J connectivity index is 1.39. The van der Waals surface area contributed by atoms with Gasteiger partial charge in [-0.05, 0) is 50.3 Å². The molecule has 0 aliphatic heterocycles. The molecule has 30 heavy (non-hydrogen) atoms. The highest BCUT2D eigenvalue weighted by Gasteiger charge is 2.10. The van der Waals surface area contributed by atoms with Crippen molar-refractivity contribution in [3.8, 4) is 5.75 Å². The highest BCUT2D eigenvalue weighted by atomic mass is 16.5. The number of aromatic nitrogens is 2. The van der Waals surface area contributed by atoms with Gasteiger partial charge in [0.15, 0.2) is 0 Å². The molecule has 2 aromatic carbocycles. The van der Waals surface area contributed by atoms with Crippen molar-refractivity contribution < 1.29 is 9.84 Å². The summed E-state index contributed by atoms with van der Waals surface area (Å²) in [4.78, 5) is 4.32. The Bertz CT molecular complexity index is 880. The Morgan fingerprint density at radius 1 is 0.933 bits per heavy atom. The number of aryl methyl sites for hydroxylation is 1. The van der Waals surface area contributed by atoms with E-state index in [2.05, 4.69) is 57.4 Å². The zero-order chi connectivity index (χ0) is 21.3. The lowest BCUT2D eigenvalue weighted by Crippen LogP contribution is -2.32. The molecule has 1 atom stereocenters. The quantitative estimate of drug-likeness (QED) is 0.510. The van der Waals surface area contributed by atoms with Gasteiger partial charge in [-0.3, -0.25) is 14.9 Å². The maximum atomic E-state index is 10.3. The first-order chi connectivity index (χ1) is 14.5. The molecule has 0 saturated heterocycles. The van der Waals surface area contributed by atoms with Crippen LogP contribution in [0.2, 0.25) is 0 Å². The lowest BCUT2D eigenvalue weighted by molar-refractivity contribution is 0.0744. The average Bonchev–Trinajstić information content (AvgIpc) is 3.12. The van der Waals surface area contributed by atoms with E-state index in [4.69, 9.17) is 4.74 Å². The van der Waals surface area contributed by atoms with Crippen LogP contribution in [0.3, 0.4) is 0 Å². The lowest BCUT2D eigenvalue weighted by atomic mass is 10.2. The molecule has 0 saturated carbocycles. The minimum Gasteiger partial charge on any atom is -0.491 e. The Hall–Kier alpha value is -2.67. The van der Waals surface area contributed by atoms with Gasteiger partial charge in [0.05, 0.1) is 5.69 Å². The van der Waals surface area contributed by atoms with Gasteiger partial charge >= 0.3 is 0 Å². The third-order valence-corrected chi connectivity index (χ3v) is 4.83. The monoisotopic (exact) mass is 408 g/mol. The smallest absolute Gasteiger partial charge is 0.119 e. The first-order valence-electron chi connectivity index (χ1n) is 10.3. The number of aliphatic hydroxyl groups excluding tert-OH is 1. The Kier molecular flexibility index (Phi) is 8.02. The zero-order valence-corrected chi connectivity index (χ0v) is 18.1. The van der Waals surface area contributed by atoms with Crippen LogP contribution in [0.4, 0.5) is 0 Å². The highest BCUT2D eigenvalue weighted by molar-refractivity contribution is 5.27. The summed E-state index contributed by atoms with van der Waals surface area (Å²) in [6.07, 6.45) is -0.540. The number of hydrogen-bond acceptors (Lipinski definition) is 5. The standard InChI is InChI=1S/C24H32N4O2/c1-19-13-22(26-25-19)16-27(2)15-21-9-11-24(12-10-21)30-18-23(29)17-28(3)14-20-7-5-4-6-8-20/h4-13,23,29H,14-18H2,1-3H3,(H,25,26). The second-order valence-electron chi connectivity index (χ2n) is 8.01. The molecule has 1 unspecified atom stereocenters. The van der Waals surface area contributed by atoms with E-state index in [9.17, 15) is 5.11 Å². The number of nitrogens with one attached hydrogen (secondary N) is 1. The average molecular weight is 409 g/mol. The van der Waals surface area contributed by atoms with Gasteiger partial charge in [0.2, 0.25) is 0 Å². The van der Waals surface area contributed by atoms with Crippen LogP contribution in [0.25, 0.3) is 0 Å². The third-order valence-electron chi connectivity index (χ3n) is 4.83. The number of benzene rings is 2. The SMILES string of the molecule is Cc1cc(CN(C)Cc2ccc(OCC(O)CN(C)Cc3ccccc3)cc2)n[nH]1. The fraction of sp³-hybridized carbons (Fsp3) is 0.375. The van der Waals surface area contributed by atoms with Crippen molar-refractivity contribution in [2.75, 3.05) is 27.2 Å². The molecule has 0 spiro atoms. The maximum Gasteiger partial charge on any atom is 0.119 e. The fourth-order valence-corrected chi connectivity index (χ4v) is 3.46. The van der Waals surface area contributed by atoms with E-state index in [0.717, 1.165) is 36.8 Å². The molecular weight excluding hydrogens is 376 g/mol. The molecule has 6 nitrogen and oxygen atoms in total. The van der Waals surface area contributed by atoms with Crippen molar-refractivity contribution in [3.05, 3.63) is 83.2 Å². The molecule has 0 fully saturated rings. The second-order valence-corrected chi connectivity index (χ2v) is 8.01. The summed E-state index contributed by atoms with van der Waals surface area (Å²) in [5.41, 5.74) is 4.56. The second kappa shape index (κ2) is 10.9. The maximum absolute atomic E-state index is 10.3. The summed E-state index contributed by atoms with van der Waals surface area (Å²) >= 11 is 0. The molecule has 3 aromatic rings. The van der Waals surface area contributed by atoms with Crippen LogP contribution >= 0.6 is 0 Å². The van der Waals surface area contributed by atoms with Crippen molar-refractivity contribution in [1.29, 1.82) is 0 Å². The van der Waals surface area contributed by atoms with Gasteiger partial charge in [-0.1, -0.05) is 42.5 Å². The summed E-state index contributed by atoms with van der Waals surface area (Å²) in [6, 6.07) is 20.4. The molecule has 1 heterocycles. The minimum atomic E-state index is -0.540. The Morgan fingerprint density at radius 2 is 1.60 bits per heavy atom. The number of rotatable bonds is 11. The molecule has 160 valence electrons. The van der Waals surface area contributed by atoms with Crippen LogP contribution in [0.5, 0.6) is 5.75 Å². The third kappa shape index (κ3) is 7.30. The van der Waals surface area contributed by atoms with Crippen LogP contribution in [0, 0.1) is 6.92 Å². The van der Waals surface area contributed by atoms with E-state index in [0.29, 0.717) is 6.54 Å². The van der Waals surface area contributed by atoms with Crippen LogP contribution in [0.1, 0.15) is 22.5 Å². The van der Waals surface area contributed by atoms with Crippen molar-refractivity contribution in [3.63, 3.8) is 0 Å². The van der Waals surface area contributed by atoms with Gasteiger partial charge in [0.25, 0.3) is 0 Å². The molecule has 2 N–H and O–H groups in total. The minimum absolute atomic E-state index is 0.275. The predicted molar refractivity (Wildman–Crippen MR) is 119 cm³/mol. The number of nitrogens with zero attached hydrogens (tertiary/aromatic N) is 3. The molecule has 0 bridgehead atoms. The van der Waals surface area contributed by atoms with Crippen molar-refractivity contribution in [2.45, 2.75) is 32.7 Å². The normalized spacial score (nSPS) is 12.5. The Morgan fingerprint density at radius 3 is 2.27 bits per heavy atom. The van der Waals surface area contributed by atoms with Crippen molar-refractivity contribution in [2.24, 2.45) is 0 Å². The lowest BCUT2D eigenvalue weighted by Gasteiger charge is -2.21. The van der Waals surface area contributed by atoms with Gasteiger partial charge in [-0.2, -0.15) is 5.10 Å². The van der Waals surface area contributed by atoms with Gasteiger partial charge in [-0.15, -0.1) is 0 Å². The van der Waals surface area contributed by atoms with E-state index >= 15 is 0 Å². The number of H-pyrrole nitrogens is 1. The predicted octanol–water partition coefficient (Wildman–Crippen LogP) is 3.22. The summed E-state index contributed by atoms with van der Waals surface area (Å²) < 4.78 is 5.77. The molecule has 6 heteroatoms. The molecule has 0 aliphatic rings. The summed E-state index contributed by atoms with van der Waals surface area (Å²) in [6.45, 7) is 5.27. The molecule has 0 aliphatic carbocycles. The van der Waals surface area contributed by atoms with Crippen LogP contribution in [-0.4, -0.2) is 58.5 Å². The van der Waals surface area contributed by atoms with E-state index < -0.39 is 6.10 Å². The molecular formula is C24H32N4O2. The first kappa shape index (κ1) is 22.0. The molecule has 0 amide bonds. The molecule has 0 radical (unpaired) electrons. The van der Waals surface area contributed by atoms with Crippen LogP contribution in [-0.2, 0) is 19.6 Å². The number of aliphatic hydroxyl groups is 1. The van der Waals surface area contributed by atoms with Gasteiger partial charge in [0, 0.05) is 31.9 Å². The van der Waals surface area contributed by atoms with E-state index in [1.165, 1.54) is 11.1 Å². The van der Waals surface area contributed by atoms with E-state index in [1.807, 2.05) is 44.3 Å². The summed E-state index contributed by atoms with van der Waals surface area (Å²) in [7, 11) is 4.09. The topological polar surface area (TPSA) is 64.6 Å². The number of ether oxygens (including phenoxy) is 1.